The molecule has 2 heterocycles. The molecule has 8 nitrogen and oxygen atoms in total. The Hall–Kier alpha value is -2.13. The number of nitrogens with zero attached hydrogens (tertiary/aromatic N) is 2. The third kappa shape index (κ3) is 4.59. The zero-order valence-corrected chi connectivity index (χ0v) is 16.3. The standard InChI is InChI=1S/C18H26N4O4S/c1-13-6-7-15(11-16(13)27(19,25)26)20-17(23)14-5-4-10-22(12-14)18(24)21-8-2-3-9-21/h6-7,11,14H,2-5,8-10,12H2,1H3,(H,20,23)(H2,19,25,26)/t14-/m0/s1. The number of rotatable bonds is 3. The Labute approximate surface area is 159 Å². The van der Waals surface area contributed by atoms with Gasteiger partial charge in [0.2, 0.25) is 15.9 Å². The summed E-state index contributed by atoms with van der Waals surface area (Å²) in [5, 5.41) is 7.99. The highest BCUT2D eigenvalue weighted by atomic mass is 32.2. The van der Waals surface area contributed by atoms with Gasteiger partial charge in [0.05, 0.1) is 10.8 Å². The van der Waals surface area contributed by atoms with Crippen molar-refractivity contribution in [2.75, 3.05) is 31.5 Å². The summed E-state index contributed by atoms with van der Waals surface area (Å²) in [6.45, 7) is 4.26. The summed E-state index contributed by atoms with van der Waals surface area (Å²) in [6, 6.07) is 4.65. The monoisotopic (exact) mass is 394 g/mol. The van der Waals surface area contributed by atoms with E-state index in [0.717, 1.165) is 32.4 Å². The summed E-state index contributed by atoms with van der Waals surface area (Å²) >= 11 is 0. The van der Waals surface area contributed by atoms with Crippen LogP contribution in [0.25, 0.3) is 0 Å². The van der Waals surface area contributed by atoms with Crippen LogP contribution in [0.3, 0.4) is 0 Å². The molecule has 0 radical (unpaired) electrons. The minimum Gasteiger partial charge on any atom is -0.326 e. The number of nitrogens with one attached hydrogen (secondary N) is 1. The van der Waals surface area contributed by atoms with Crippen LogP contribution in [-0.4, -0.2) is 56.3 Å². The van der Waals surface area contributed by atoms with E-state index in [9.17, 15) is 18.0 Å². The van der Waals surface area contributed by atoms with Crippen molar-refractivity contribution in [2.24, 2.45) is 11.1 Å². The van der Waals surface area contributed by atoms with E-state index >= 15 is 0 Å². The number of likely N-dealkylation sites (tertiary alicyclic amines) is 2. The second-order valence-corrected chi connectivity index (χ2v) is 8.81. The first-order valence-electron chi connectivity index (χ1n) is 9.24. The van der Waals surface area contributed by atoms with Gasteiger partial charge in [-0.25, -0.2) is 18.4 Å². The number of hydrogen-bond acceptors (Lipinski definition) is 4. The van der Waals surface area contributed by atoms with Gasteiger partial charge in [0.25, 0.3) is 0 Å². The molecule has 1 aromatic carbocycles. The van der Waals surface area contributed by atoms with E-state index in [2.05, 4.69) is 5.32 Å². The lowest BCUT2D eigenvalue weighted by Crippen LogP contribution is -2.48. The van der Waals surface area contributed by atoms with Crippen molar-refractivity contribution in [3.05, 3.63) is 23.8 Å². The lowest BCUT2D eigenvalue weighted by Gasteiger charge is -2.34. The highest BCUT2D eigenvalue weighted by molar-refractivity contribution is 7.89. The van der Waals surface area contributed by atoms with E-state index in [1.807, 2.05) is 4.90 Å². The number of benzene rings is 1. The van der Waals surface area contributed by atoms with Gasteiger partial charge >= 0.3 is 6.03 Å². The molecule has 1 aromatic rings. The maximum absolute atomic E-state index is 12.7. The smallest absolute Gasteiger partial charge is 0.320 e. The van der Waals surface area contributed by atoms with Gasteiger partial charge in [0, 0.05) is 31.9 Å². The van der Waals surface area contributed by atoms with Gasteiger partial charge in [-0.2, -0.15) is 0 Å². The van der Waals surface area contributed by atoms with Gasteiger partial charge in [0.1, 0.15) is 0 Å². The van der Waals surface area contributed by atoms with Crippen LogP contribution in [-0.2, 0) is 14.8 Å². The van der Waals surface area contributed by atoms with Crippen LogP contribution in [0.1, 0.15) is 31.2 Å². The van der Waals surface area contributed by atoms with Crippen LogP contribution in [0.5, 0.6) is 0 Å². The SMILES string of the molecule is Cc1ccc(NC(=O)[C@H]2CCCN(C(=O)N3CCCC3)C2)cc1S(N)(=O)=O. The van der Waals surface area contributed by atoms with Crippen LogP contribution in [0.4, 0.5) is 10.5 Å². The molecule has 2 saturated heterocycles. The molecule has 2 aliphatic heterocycles. The first-order valence-corrected chi connectivity index (χ1v) is 10.8. The fraction of sp³-hybridized carbons (Fsp3) is 0.556. The molecule has 0 spiro atoms. The number of amides is 3. The zero-order valence-electron chi connectivity index (χ0n) is 15.5. The van der Waals surface area contributed by atoms with E-state index < -0.39 is 10.0 Å². The first kappa shape index (κ1) is 19.6. The Bertz CT molecular complexity index is 834. The van der Waals surface area contributed by atoms with E-state index in [1.54, 1.807) is 24.0 Å². The van der Waals surface area contributed by atoms with Crippen LogP contribution < -0.4 is 10.5 Å². The second-order valence-electron chi connectivity index (χ2n) is 7.28. The summed E-state index contributed by atoms with van der Waals surface area (Å²) in [5.74, 6) is -0.525. The molecule has 3 N–H and O–H groups in total. The Balaban J connectivity index is 1.66. The third-order valence-electron chi connectivity index (χ3n) is 5.20. The second kappa shape index (κ2) is 7.85. The number of carbonyl (C=O) groups excluding carboxylic acids is 2. The number of piperidine rings is 1. The van der Waals surface area contributed by atoms with Crippen molar-refractivity contribution in [3.63, 3.8) is 0 Å². The Morgan fingerprint density at radius 3 is 2.44 bits per heavy atom. The zero-order chi connectivity index (χ0) is 19.6. The number of hydrogen-bond donors (Lipinski definition) is 2. The molecular formula is C18H26N4O4S. The topological polar surface area (TPSA) is 113 Å². The fourth-order valence-corrected chi connectivity index (χ4v) is 4.51. The van der Waals surface area contributed by atoms with E-state index in [4.69, 9.17) is 5.14 Å². The van der Waals surface area contributed by atoms with Crippen molar-refractivity contribution in [1.82, 2.24) is 9.80 Å². The van der Waals surface area contributed by atoms with Gasteiger partial charge < -0.3 is 15.1 Å². The molecule has 27 heavy (non-hydrogen) atoms. The van der Waals surface area contributed by atoms with Gasteiger partial charge in [-0.15, -0.1) is 0 Å². The van der Waals surface area contributed by atoms with Gasteiger partial charge in [-0.05, 0) is 50.3 Å². The number of carbonyl (C=O) groups is 2. The van der Waals surface area contributed by atoms with Gasteiger partial charge in [-0.3, -0.25) is 4.79 Å². The lowest BCUT2D eigenvalue weighted by atomic mass is 9.97. The van der Waals surface area contributed by atoms with Crippen LogP contribution in [0, 0.1) is 12.8 Å². The third-order valence-corrected chi connectivity index (χ3v) is 6.25. The molecule has 2 fully saturated rings. The molecule has 0 saturated carbocycles. The average molecular weight is 394 g/mol. The van der Waals surface area contributed by atoms with Crippen LogP contribution >= 0.6 is 0 Å². The predicted molar refractivity (Wildman–Crippen MR) is 102 cm³/mol. The van der Waals surface area contributed by atoms with Crippen molar-refractivity contribution in [1.29, 1.82) is 0 Å². The normalized spacial score (nSPS) is 20.6. The molecule has 2 aliphatic rings. The molecule has 9 heteroatoms. The summed E-state index contributed by atoms with van der Waals surface area (Å²) in [5.41, 5.74) is 0.910. The summed E-state index contributed by atoms with van der Waals surface area (Å²) in [4.78, 5) is 28.8. The van der Waals surface area contributed by atoms with Crippen molar-refractivity contribution in [3.8, 4) is 0 Å². The summed E-state index contributed by atoms with van der Waals surface area (Å²) in [6.07, 6.45) is 3.53. The lowest BCUT2D eigenvalue weighted by molar-refractivity contribution is -0.121. The number of primary sulfonamides is 1. The summed E-state index contributed by atoms with van der Waals surface area (Å²) in [7, 11) is -3.86. The van der Waals surface area contributed by atoms with Crippen molar-refractivity contribution < 1.29 is 18.0 Å². The maximum Gasteiger partial charge on any atom is 0.320 e. The van der Waals surface area contributed by atoms with E-state index in [-0.39, 0.29) is 22.8 Å². The molecule has 148 valence electrons. The van der Waals surface area contributed by atoms with Crippen molar-refractivity contribution in [2.45, 2.75) is 37.5 Å². The molecule has 3 rings (SSSR count). The average Bonchev–Trinajstić information content (AvgIpc) is 3.16. The highest BCUT2D eigenvalue weighted by Gasteiger charge is 2.31. The largest absolute Gasteiger partial charge is 0.326 e. The predicted octanol–water partition coefficient (Wildman–Crippen LogP) is 1.51. The minimum absolute atomic E-state index is 0.00483. The Kier molecular flexibility index (Phi) is 5.71. The van der Waals surface area contributed by atoms with Crippen LogP contribution in [0.2, 0.25) is 0 Å². The van der Waals surface area contributed by atoms with Crippen LogP contribution in [0.15, 0.2) is 23.1 Å². The minimum atomic E-state index is -3.86. The van der Waals surface area contributed by atoms with E-state index in [0.29, 0.717) is 30.8 Å². The maximum atomic E-state index is 12.7. The van der Waals surface area contributed by atoms with Gasteiger partial charge in [0.15, 0.2) is 0 Å². The molecule has 0 unspecified atom stereocenters. The number of nitrogens with two attached hydrogens (primary N) is 1. The number of sulfonamides is 1. The number of urea groups is 1. The van der Waals surface area contributed by atoms with Gasteiger partial charge in [-0.1, -0.05) is 6.07 Å². The fourth-order valence-electron chi connectivity index (χ4n) is 3.70. The molecule has 0 bridgehead atoms. The molecule has 3 amide bonds. The molecular weight excluding hydrogens is 368 g/mol. The quantitative estimate of drug-likeness (QED) is 0.809. The first-order chi connectivity index (χ1) is 12.8. The Morgan fingerprint density at radius 1 is 1.11 bits per heavy atom. The molecule has 1 atom stereocenters. The molecule has 0 aliphatic carbocycles. The highest BCUT2D eigenvalue weighted by Crippen LogP contribution is 2.23. The molecule has 0 aromatic heterocycles. The Morgan fingerprint density at radius 2 is 1.78 bits per heavy atom. The summed E-state index contributed by atoms with van der Waals surface area (Å²) < 4.78 is 23.3. The number of aryl methyl sites for hydroxylation is 1. The van der Waals surface area contributed by atoms with Crippen molar-refractivity contribution >= 4 is 27.6 Å². The van der Waals surface area contributed by atoms with E-state index in [1.165, 1.54) is 6.07 Å². The number of anilines is 1.